The van der Waals surface area contributed by atoms with Gasteiger partial charge in [-0.15, -0.1) is 0 Å². The van der Waals surface area contributed by atoms with E-state index in [2.05, 4.69) is 9.98 Å². The quantitative estimate of drug-likeness (QED) is 0.584. The summed E-state index contributed by atoms with van der Waals surface area (Å²) in [7, 11) is 3.49. The Morgan fingerprint density at radius 3 is 2.59 bits per heavy atom. The number of aliphatic imine (C=N–C) groups is 1. The van der Waals surface area contributed by atoms with Crippen LogP contribution < -0.4 is 0 Å². The lowest BCUT2D eigenvalue weighted by Crippen LogP contribution is -2.06. The Labute approximate surface area is 128 Å². The lowest BCUT2D eigenvalue weighted by molar-refractivity contribution is -0.141. The second-order valence-electron chi connectivity index (χ2n) is 4.49. The molecule has 0 spiro atoms. The van der Waals surface area contributed by atoms with Crippen molar-refractivity contribution in [3.63, 3.8) is 0 Å². The number of imidazole rings is 1. The van der Waals surface area contributed by atoms with Gasteiger partial charge in [-0.3, -0.25) is 4.99 Å². The number of halogens is 6. The molecule has 0 amide bonds. The predicted molar refractivity (Wildman–Crippen MR) is 73.2 cm³/mol. The largest absolute Gasteiger partial charge is 0.434 e. The van der Waals surface area contributed by atoms with Crippen LogP contribution in [0.5, 0.6) is 0 Å². The van der Waals surface area contributed by atoms with Crippen LogP contribution >= 0.6 is 11.6 Å². The summed E-state index contributed by atoms with van der Waals surface area (Å²) in [5, 5.41) is 0.306. The number of alkyl halides is 5. The van der Waals surface area contributed by atoms with Gasteiger partial charge in [-0.25, -0.2) is 13.8 Å². The van der Waals surface area contributed by atoms with Crippen LogP contribution in [-0.2, 0) is 12.7 Å². The summed E-state index contributed by atoms with van der Waals surface area (Å²) in [6.07, 6.45) is -4.46. The Balaban J connectivity index is 2.77. The third-order valence-electron chi connectivity index (χ3n) is 2.36. The molecule has 0 radical (unpaired) electrons. The van der Waals surface area contributed by atoms with E-state index in [0.29, 0.717) is 11.2 Å². The van der Waals surface area contributed by atoms with Gasteiger partial charge in [0, 0.05) is 39.3 Å². The zero-order valence-electron chi connectivity index (χ0n) is 11.8. The zero-order valence-corrected chi connectivity index (χ0v) is 12.5. The first-order valence-corrected chi connectivity index (χ1v) is 6.45. The minimum Gasteiger partial charge on any atom is -0.382 e. The minimum absolute atomic E-state index is 0.00906. The normalized spacial score (nSPS) is 13.4. The third kappa shape index (κ3) is 5.63. The highest BCUT2D eigenvalue weighted by atomic mass is 35.5. The van der Waals surface area contributed by atoms with Crippen LogP contribution in [-0.4, -0.2) is 41.3 Å². The van der Waals surface area contributed by atoms with Crippen LogP contribution in [0.1, 0.15) is 17.9 Å². The van der Waals surface area contributed by atoms with Crippen molar-refractivity contribution in [1.29, 1.82) is 0 Å². The summed E-state index contributed by atoms with van der Waals surface area (Å²) < 4.78 is 63.6. The average molecular weight is 345 g/mol. The van der Waals surface area contributed by atoms with Crippen LogP contribution in [0.2, 0.25) is 0 Å². The fraction of sp³-hybridized carbons (Fsp3) is 0.500. The Morgan fingerprint density at radius 1 is 1.45 bits per heavy atom. The van der Waals surface area contributed by atoms with Gasteiger partial charge in [-0.2, -0.15) is 13.2 Å². The summed E-state index contributed by atoms with van der Waals surface area (Å²) in [5.74, 6) is -0.933. The molecule has 0 aliphatic carbocycles. The summed E-state index contributed by atoms with van der Waals surface area (Å²) in [5.41, 5.74) is -1.35. The van der Waals surface area contributed by atoms with Crippen LogP contribution in [0.4, 0.5) is 22.0 Å². The third-order valence-corrected chi connectivity index (χ3v) is 2.55. The predicted octanol–water partition coefficient (Wildman–Crippen LogP) is 3.55. The highest BCUT2D eigenvalue weighted by Crippen LogP contribution is 2.30. The van der Waals surface area contributed by atoms with Crippen molar-refractivity contribution < 1.29 is 22.0 Å². The molecule has 0 aliphatic heterocycles. The molecule has 0 unspecified atom stereocenters. The minimum atomic E-state index is -4.77. The van der Waals surface area contributed by atoms with Crippen molar-refractivity contribution in [1.82, 2.24) is 14.5 Å². The first kappa shape index (κ1) is 18.4. The number of hydrogen-bond acceptors (Lipinski definition) is 3. The molecule has 0 saturated carbocycles. The fourth-order valence-electron chi connectivity index (χ4n) is 1.52. The maximum absolute atomic E-state index is 12.7. The molecule has 124 valence electrons. The standard InChI is InChI=1S/C12H14ClF5N4/c1-21(2)6-8(13)5-19-3-4-22-7-9(12(16,17)18)20-11(22)10(14)15/h5-7,10H,3-4H2,1-2H3/b8-6+,19-5?. The second kappa shape index (κ2) is 7.57. The lowest BCUT2D eigenvalue weighted by Gasteiger charge is -2.05. The molecule has 4 nitrogen and oxygen atoms in total. The molecular weight excluding hydrogens is 331 g/mol. The molecule has 10 heteroatoms. The first-order valence-electron chi connectivity index (χ1n) is 6.07. The summed E-state index contributed by atoms with van der Waals surface area (Å²) >= 11 is 5.79. The van der Waals surface area contributed by atoms with E-state index in [4.69, 9.17) is 11.6 Å². The SMILES string of the molecule is CN(C)/C=C(/Cl)C=NCCn1cc(C(F)(F)F)nc1C(F)F. The molecule has 1 aromatic heterocycles. The highest BCUT2D eigenvalue weighted by molar-refractivity contribution is 6.39. The Morgan fingerprint density at radius 2 is 2.09 bits per heavy atom. The Hall–Kier alpha value is -1.64. The fourth-order valence-corrected chi connectivity index (χ4v) is 1.78. The second-order valence-corrected chi connectivity index (χ2v) is 4.93. The van der Waals surface area contributed by atoms with Gasteiger partial charge in [0.25, 0.3) is 6.43 Å². The number of hydrogen-bond donors (Lipinski definition) is 0. The van der Waals surface area contributed by atoms with Crippen LogP contribution in [0, 0.1) is 0 Å². The zero-order chi connectivity index (χ0) is 16.9. The molecule has 22 heavy (non-hydrogen) atoms. The van der Waals surface area contributed by atoms with Gasteiger partial charge in [0.05, 0.1) is 11.6 Å². The van der Waals surface area contributed by atoms with Gasteiger partial charge in [0.2, 0.25) is 0 Å². The van der Waals surface area contributed by atoms with E-state index in [9.17, 15) is 22.0 Å². The molecule has 1 rings (SSSR count). The van der Waals surface area contributed by atoms with Gasteiger partial charge in [0.1, 0.15) is 0 Å². The number of aromatic nitrogens is 2. The summed E-state index contributed by atoms with van der Waals surface area (Å²) in [6, 6.07) is 0. The van der Waals surface area contributed by atoms with E-state index in [0.717, 1.165) is 4.57 Å². The van der Waals surface area contributed by atoms with E-state index in [1.165, 1.54) is 6.21 Å². The molecular formula is C12H14ClF5N4. The summed E-state index contributed by atoms with van der Waals surface area (Å²) in [6.45, 7) is -0.170. The monoisotopic (exact) mass is 344 g/mol. The van der Waals surface area contributed by atoms with Gasteiger partial charge in [-0.1, -0.05) is 11.6 Å². The van der Waals surface area contributed by atoms with E-state index in [1.54, 1.807) is 25.2 Å². The van der Waals surface area contributed by atoms with Crippen molar-refractivity contribution in [2.24, 2.45) is 4.99 Å². The van der Waals surface area contributed by atoms with Crippen LogP contribution in [0.15, 0.2) is 22.4 Å². The van der Waals surface area contributed by atoms with Crippen molar-refractivity contribution in [3.8, 4) is 0 Å². The van der Waals surface area contributed by atoms with E-state index in [1.807, 2.05) is 0 Å². The molecule has 1 heterocycles. The summed E-state index contributed by atoms with van der Waals surface area (Å²) in [4.78, 5) is 8.47. The van der Waals surface area contributed by atoms with Crippen molar-refractivity contribution in [2.75, 3.05) is 20.6 Å². The first-order chi connectivity index (χ1) is 10.1. The Bertz CT molecular complexity index is 548. The maximum Gasteiger partial charge on any atom is 0.434 e. The van der Waals surface area contributed by atoms with E-state index in [-0.39, 0.29) is 13.1 Å². The lowest BCUT2D eigenvalue weighted by atomic mass is 10.5. The molecule has 0 N–H and O–H groups in total. The molecule has 0 atom stereocenters. The van der Waals surface area contributed by atoms with E-state index >= 15 is 0 Å². The van der Waals surface area contributed by atoms with E-state index < -0.39 is 24.1 Å². The molecule has 0 bridgehead atoms. The van der Waals surface area contributed by atoms with Gasteiger partial charge >= 0.3 is 6.18 Å². The highest BCUT2D eigenvalue weighted by Gasteiger charge is 2.35. The maximum atomic E-state index is 12.7. The van der Waals surface area contributed by atoms with Crippen molar-refractivity contribution >= 4 is 17.8 Å². The van der Waals surface area contributed by atoms with Gasteiger partial charge in [-0.05, 0) is 0 Å². The van der Waals surface area contributed by atoms with Crippen LogP contribution in [0.3, 0.4) is 0 Å². The van der Waals surface area contributed by atoms with Crippen LogP contribution in [0.25, 0.3) is 0 Å². The van der Waals surface area contributed by atoms with Gasteiger partial charge < -0.3 is 9.47 Å². The molecule has 0 saturated heterocycles. The van der Waals surface area contributed by atoms with Gasteiger partial charge in [0.15, 0.2) is 11.5 Å². The topological polar surface area (TPSA) is 33.4 Å². The molecule has 0 aromatic carbocycles. The number of allylic oxidation sites excluding steroid dienone is 1. The number of rotatable bonds is 6. The molecule has 0 aliphatic rings. The molecule has 0 fully saturated rings. The Kier molecular flexibility index (Phi) is 6.34. The van der Waals surface area contributed by atoms with Crippen molar-refractivity contribution in [3.05, 3.63) is 28.9 Å². The smallest absolute Gasteiger partial charge is 0.382 e. The average Bonchev–Trinajstić information content (AvgIpc) is 2.77. The van der Waals surface area contributed by atoms with Crippen molar-refractivity contribution in [2.45, 2.75) is 19.1 Å². The molecule has 1 aromatic rings. The number of nitrogens with zero attached hydrogens (tertiary/aromatic N) is 4.